The molecule has 0 bridgehead atoms. The zero-order valence-corrected chi connectivity index (χ0v) is 16.9. The van der Waals surface area contributed by atoms with Crippen molar-refractivity contribution >= 4 is 34.8 Å². The molecule has 0 aliphatic carbocycles. The molecule has 2 heterocycles. The van der Waals surface area contributed by atoms with E-state index >= 15 is 0 Å². The molecule has 1 amide bonds. The minimum atomic E-state index is -0.575. The van der Waals surface area contributed by atoms with Crippen LogP contribution in [0.5, 0.6) is 11.5 Å². The first-order chi connectivity index (χ1) is 13.5. The van der Waals surface area contributed by atoms with E-state index in [2.05, 4.69) is 0 Å². The predicted molar refractivity (Wildman–Crippen MR) is 106 cm³/mol. The molecule has 0 saturated heterocycles. The quantitative estimate of drug-likeness (QED) is 0.524. The van der Waals surface area contributed by atoms with Crippen molar-refractivity contribution in [1.29, 1.82) is 5.26 Å². The molecule has 0 radical (unpaired) electrons. The minimum Gasteiger partial charge on any atom is -0.490 e. The van der Waals surface area contributed by atoms with Gasteiger partial charge >= 0.3 is 5.97 Å². The van der Waals surface area contributed by atoms with Gasteiger partial charge in [-0.1, -0.05) is 11.6 Å². The topological polar surface area (TPSA) is 79.6 Å². The molecule has 1 aromatic carbocycles. The molecule has 3 rings (SSSR count). The fourth-order valence-corrected chi connectivity index (χ4v) is 4.13. The molecule has 1 aromatic heterocycles. The molecule has 1 aliphatic rings. The number of hydrogen-bond acceptors (Lipinski definition) is 6. The van der Waals surface area contributed by atoms with E-state index in [9.17, 15) is 9.59 Å². The van der Waals surface area contributed by atoms with E-state index < -0.39 is 5.97 Å². The van der Waals surface area contributed by atoms with E-state index in [1.165, 1.54) is 22.6 Å². The van der Waals surface area contributed by atoms with Gasteiger partial charge in [-0.3, -0.25) is 9.59 Å². The van der Waals surface area contributed by atoms with E-state index in [1.807, 2.05) is 17.5 Å². The number of amides is 1. The number of benzene rings is 1. The number of carbonyl (C=O) groups excluding carboxylic acids is 2. The van der Waals surface area contributed by atoms with Crippen molar-refractivity contribution < 1.29 is 19.1 Å². The molecule has 0 spiro atoms. The lowest BCUT2D eigenvalue weighted by atomic mass is 10.1. The first-order valence-electron chi connectivity index (χ1n) is 8.92. The molecular formula is C20H19ClN2O4S. The molecule has 8 heteroatoms. The first kappa shape index (κ1) is 20.2. The lowest BCUT2D eigenvalue weighted by molar-refractivity contribution is -0.139. The number of halogens is 1. The maximum atomic E-state index is 12.4. The SMILES string of the molecule is CCOc1cc(C#N)cc(Cl)c1OC(=O)CCC(=O)N1CCc2sccc2C1. The summed E-state index contributed by atoms with van der Waals surface area (Å²) in [5, 5.41) is 11.2. The van der Waals surface area contributed by atoms with Crippen LogP contribution in [-0.2, 0) is 22.6 Å². The van der Waals surface area contributed by atoms with E-state index in [1.54, 1.807) is 23.2 Å². The lowest BCUT2D eigenvalue weighted by Gasteiger charge is -2.27. The number of carbonyl (C=O) groups is 2. The van der Waals surface area contributed by atoms with Crippen molar-refractivity contribution in [3.05, 3.63) is 44.6 Å². The summed E-state index contributed by atoms with van der Waals surface area (Å²) in [6.45, 7) is 3.35. The first-order valence-corrected chi connectivity index (χ1v) is 10.2. The Balaban J connectivity index is 1.59. The highest BCUT2D eigenvalue weighted by Crippen LogP contribution is 2.37. The third kappa shape index (κ3) is 4.64. The van der Waals surface area contributed by atoms with Crippen LogP contribution in [-0.4, -0.2) is 29.9 Å². The Morgan fingerprint density at radius 2 is 2.18 bits per heavy atom. The summed E-state index contributed by atoms with van der Waals surface area (Å²) < 4.78 is 10.8. The Labute approximate surface area is 172 Å². The largest absolute Gasteiger partial charge is 0.490 e. The number of nitriles is 1. The normalized spacial score (nSPS) is 12.8. The van der Waals surface area contributed by atoms with Gasteiger partial charge in [-0.2, -0.15) is 5.26 Å². The average Bonchev–Trinajstić information content (AvgIpc) is 3.16. The number of ether oxygens (including phenoxy) is 2. The fourth-order valence-electron chi connectivity index (χ4n) is 2.99. The zero-order chi connectivity index (χ0) is 20.1. The summed E-state index contributed by atoms with van der Waals surface area (Å²) in [6.07, 6.45) is 0.853. The van der Waals surface area contributed by atoms with Crippen LogP contribution < -0.4 is 9.47 Å². The molecule has 28 heavy (non-hydrogen) atoms. The lowest BCUT2D eigenvalue weighted by Crippen LogP contribution is -2.35. The van der Waals surface area contributed by atoms with Gasteiger partial charge in [0.15, 0.2) is 11.5 Å². The molecule has 0 saturated carbocycles. The third-order valence-electron chi connectivity index (χ3n) is 4.36. The van der Waals surface area contributed by atoms with Gasteiger partial charge in [-0.15, -0.1) is 11.3 Å². The van der Waals surface area contributed by atoms with Crippen LogP contribution in [0, 0.1) is 11.3 Å². The second kappa shape index (κ2) is 9.09. The van der Waals surface area contributed by atoms with Crippen LogP contribution in [0.2, 0.25) is 5.02 Å². The van der Waals surface area contributed by atoms with Gasteiger partial charge in [0.2, 0.25) is 5.91 Å². The van der Waals surface area contributed by atoms with Gasteiger partial charge in [0.1, 0.15) is 0 Å². The molecule has 1 aliphatic heterocycles. The fraction of sp³-hybridized carbons (Fsp3) is 0.350. The predicted octanol–water partition coefficient (Wildman–Crippen LogP) is 3.94. The summed E-state index contributed by atoms with van der Waals surface area (Å²) in [5.74, 6) is -0.355. The summed E-state index contributed by atoms with van der Waals surface area (Å²) >= 11 is 7.84. The van der Waals surface area contributed by atoms with Crippen LogP contribution in [0.1, 0.15) is 35.8 Å². The van der Waals surface area contributed by atoms with Crippen LogP contribution in [0.4, 0.5) is 0 Å². The van der Waals surface area contributed by atoms with E-state index in [0.29, 0.717) is 25.3 Å². The Bertz CT molecular complexity index is 935. The summed E-state index contributed by atoms with van der Waals surface area (Å²) in [4.78, 5) is 27.8. The Morgan fingerprint density at radius 3 is 2.93 bits per heavy atom. The number of esters is 1. The number of rotatable bonds is 6. The number of fused-ring (bicyclic) bond motifs is 1. The molecule has 0 N–H and O–H groups in total. The van der Waals surface area contributed by atoms with Gasteiger partial charge in [-0.25, -0.2) is 0 Å². The number of hydrogen-bond donors (Lipinski definition) is 0. The summed E-state index contributed by atoms with van der Waals surface area (Å²) in [6, 6.07) is 6.89. The van der Waals surface area contributed by atoms with Gasteiger partial charge in [0.25, 0.3) is 0 Å². The summed E-state index contributed by atoms with van der Waals surface area (Å²) in [7, 11) is 0. The second-order valence-electron chi connectivity index (χ2n) is 6.24. The standard InChI is InChI=1S/C20H19ClN2O4S/c1-2-26-16-10-13(11-22)9-15(21)20(16)27-19(25)4-3-18(24)23-7-5-17-14(12-23)6-8-28-17/h6,8-10H,2-5,7,12H2,1H3. The minimum absolute atomic E-state index is 0.0618. The summed E-state index contributed by atoms with van der Waals surface area (Å²) in [5.41, 5.74) is 1.49. The van der Waals surface area contributed by atoms with Gasteiger partial charge < -0.3 is 14.4 Å². The Kier molecular flexibility index (Phi) is 6.55. The maximum Gasteiger partial charge on any atom is 0.311 e. The van der Waals surface area contributed by atoms with E-state index in [0.717, 1.165) is 6.42 Å². The van der Waals surface area contributed by atoms with Crippen molar-refractivity contribution in [3.8, 4) is 17.6 Å². The highest BCUT2D eigenvalue weighted by atomic mass is 35.5. The third-order valence-corrected chi connectivity index (χ3v) is 5.66. The van der Waals surface area contributed by atoms with Gasteiger partial charge in [0, 0.05) is 30.5 Å². The molecule has 0 fully saturated rings. The monoisotopic (exact) mass is 418 g/mol. The van der Waals surface area contributed by atoms with Crippen LogP contribution in [0.3, 0.4) is 0 Å². The van der Waals surface area contributed by atoms with Crippen LogP contribution in [0.15, 0.2) is 23.6 Å². The van der Waals surface area contributed by atoms with Crippen molar-refractivity contribution in [2.24, 2.45) is 0 Å². The Morgan fingerprint density at radius 1 is 1.36 bits per heavy atom. The smallest absolute Gasteiger partial charge is 0.311 e. The molecule has 6 nitrogen and oxygen atoms in total. The molecular weight excluding hydrogens is 400 g/mol. The van der Waals surface area contributed by atoms with Crippen molar-refractivity contribution in [3.63, 3.8) is 0 Å². The highest BCUT2D eigenvalue weighted by Gasteiger charge is 2.23. The molecule has 0 atom stereocenters. The highest BCUT2D eigenvalue weighted by molar-refractivity contribution is 7.10. The van der Waals surface area contributed by atoms with Crippen LogP contribution in [0.25, 0.3) is 0 Å². The zero-order valence-electron chi connectivity index (χ0n) is 15.4. The van der Waals surface area contributed by atoms with E-state index in [4.69, 9.17) is 26.3 Å². The molecule has 146 valence electrons. The number of thiophene rings is 1. The molecule has 2 aromatic rings. The van der Waals surface area contributed by atoms with E-state index in [-0.39, 0.29) is 35.3 Å². The van der Waals surface area contributed by atoms with Gasteiger partial charge in [-0.05, 0) is 36.4 Å². The Hall–Kier alpha value is -2.56. The van der Waals surface area contributed by atoms with Crippen LogP contribution >= 0.6 is 22.9 Å². The van der Waals surface area contributed by atoms with Gasteiger partial charge in [0.05, 0.1) is 29.7 Å². The maximum absolute atomic E-state index is 12.4. The molecule has 0 unspecified atom stereocenters. The van der Waals surface area contributed by atoms with Crippen molar-refractivity contribution in [2.75, 3.05) is 13.2 Å². The van der Waals surface area contributed by atoms with Crippen molar-refractivity contribution in [1.82, 2.24) is 4.90 Å². The average molecular weight is 419 g/mol. The second-order valence-corrected chi connectivity index (χ2v) is 7.65. The number of nitrogens with zero attached hydrogens (tertiary/aromatic N) is 2. The van der Waals surface area contributed by atoms with Crippen molar-refractivity contribution in [2.45, 2.75) is 32.7 Å².